The van der Waals surface area contributed by atoms with Crippen LogP contribution in [0.1, 0.15) is 155 Å². The zero-order valence-corrected chi connectivity index (χ0v) is 47.0. The third kappa shape index (κ3) is 39.7. The van der Waals surface area contributed by atoms with Gasteiger partial charge in [0.25, 0.3) is 0 Å². The van der Waals surface area contributed by atoms with Crippen LogP contribution in [0.4, 0.5) is 0 Å². The van der Waals surface area contributed by atoms with Crippen LogP contribution in [-0.4, -0.2) is 64.9 Å². The van der Waals surface area contributed by atoms with Crippen LogP contribution in [0.15, 0.2) is 0 Å². The molecule has 54 heavy (non-hydrogen) atoms. The maximum atomic E-state index is 9.92. The molecule has 0 spiro atoms. The number of thiol groups is 4. The second-order valence-electron chi connectivity index (χ2n) is 14.2. The van der Waals surface area contributed by atoms with Crippen molar-refractivity contribution < 1.29 is 82.5 Å². The Labute approximate surface area is 449 Å². The molecule has 2 nitrogen and oxygen atoms in total. The van der Waals surface area contributed by atoms with Gasteiger partial charge in [0.2, 0.25) is 0 Å². The zero-order valence-electron chi connectivity index (χ0n) is 31.8. The summed E-state index contributed by atoms with van der Waals surface area (Å²) in [6, 6.07) is 0. The topological polar surface area (TPSA) is 40.5 Å². The predicted octanol–water partition coefficient (Wildman–Crippen LogP) is 9.58. The first-order chi connectivity index (χ1) is 21.9. The van der Waals surface area contributed by atoms with Gasteiger partial charge < -0.3 is 115 Å². The Bertz CT molecular complexity index is 595. The number of aliphatic hydroxyl groups is 2. The first-order valence-electron chi connectivity index (χ1n) is 18.4. The third-order valence-corrected chi connectivity index (χ3v) is 13.6. The van der Waals surface area contributed by atoms with E-state index >= 15 is 0 Å². The largest absolute Gasteiger partial charge is 0.813 e. The molecule has 0 aromatic rings. The van der Waals surface area contributed by atoms with Gasteiger partial charge in [0, 0.05) is 93.8 Å². The van der Waals surface area contributed by atoms with E-state index in [0.29, 0.717) is 54.3 Å². The number of alkyl halides is 4. The second kappa shape index (κ2) is 48.6. The Morgan fingerprint density at radius 1 is 0.389 bits per heavy atom. The molecule has 0 aromatic heterocycles. The average molecular weight is 1190 g/mol. The van der Waals surface area contributed by atoms with E-state index in [-0.39, 0.29) is 126 Å². The molecule has 0 aliphatic heterocycles. The monoisotopic (exact) mass is 1190 g/mol. The normalized spacial score (nSPS) is 33.6. The molecule has 18 heteroatoms. The molecule has 0 saturated heterocycles. The van der Waals surface area contributed by atoms with Gasteiger partial charge in [-0.25, -0.2) is 0 Å². The molecule has 4 atom stereocenters. The first-order valence-corrected chi connectivity index (χ1v) is 22.0. The summed E-state index contributed by atoms with van der Waals surface area (Å²) in [5.41, 5.74) is 0. The van der Waals surface area contributed by atoms with Crippen LogP contribution in [-0.2, 0) is 177 Å². The molecule has 4 unspecified atom stereocenters. The van der Waals surface area contributed by atoms with Crippen LogP contribution < -0.4 is 0 Å². The molecule has 0 bridgehead atoms. The molecule has 2 N–H and O–H groups in total. The number of hydrogen-bond donors (Lipinski definition) is 2. The maximum absolute atomic E-state index is 9.92. The number of hydrogen-bond acceptors (Lipinski definition) is 10. The molecular weight excluding hydrogens is 1130 g/mol. The molecule has 5 aliphatic carbocycles. The minimum Gasteiger partial charge on any atom is -0.813 e. The van der Waals surface area contributed by atoms with Crippen LogP contribution in [0.5, 0.6) is 0 Å². The summed E-state index contributed by atoms with van der Waals surface area (Å²) in [6.07, 6.45) is 23.9. The minimum absolute atomic E-state index is 0. The Hall–Kier alpha value is 6.13. The fourth-order valence-electron chi connectivity index (χ4n) is 6.79. The summed E-state index contributed by atoms with van der Waals surface area (Å²) in [5.74, 6) is 0.672. The molecule has 5 saturated carbocycles. The molecule has 0 radical (unpaired) electrons. The Morgan fingerprint density at radius 3 is 0.685 bits per heavy atom. The van der Waals surface area contributed by atoms with Crippen LogP contribution in [0.2, 0.25) is 0 Å². The second-order valence-corrected chi connectivity index (χ2v) is 19.3. The number of rotatable bonds is 4. The van der Waals surface area contributed by atoms with E-state index in [2.05, 4.69) is 13.8 Å². The van der Waals surface area contributed by atoms with Crippen molar-refractivity contribution in [3.05, 3.63) is 0 Å². The van der Waals surface area contributed by atoms with Crippen molar-refractivity contribution in [2.75, 3.05) is 0 Å². The molecule has 5 aliphatic rings. The van der Waals surface area contributed by atoms with Crippen molar-refractivity contribution in [3.63, 3.8) is 0 Å². The van der Waals surface area contributed by atoms with Crippen molar-refractivity contribution in [1.29, 1.82) is 0 Å². The van der Waals surface area contributed by atoms with Gasteiger partial charge in [-0.3, -0.25) is 0 Å². The Morgan fingerprint density at radius 2 is 0.556 bits per heavy atom. The van der Waals surface area contributed by atoms with Gasteiger partial charge in [-0.05, 0) is 88.9 Å². The van der Waals surface area contributed by atoms with Gasteiger partial charge in [-0.1, -0.05) is 78.1 Å². The first kappa shape index (κ1) is 77.4. The van der Waals surface area contributed by atoms with E-state index < -0.39 is 12.2 Å². The van der Waals surface area contributed by atoms with Gasteiger partial charge >= 0.3 is 0 Å². The van der Waals surface area contributed by atoms with E-state index in [0.717, 1.165) is 141 Å². The van der Waals surface area contributed by atoms with E-state index in [4.69, 9.17) is 96.9 Å². The van der Waals surface area contributed by atoms with Crippen molar-refractivity contribution in [3.8, 4) is 0 Å². The maximum Gasteiger partial charge on any atom is 0.0829 e. The van der Waals surface area contributed by atoms with Crippen LogP contribution in [0.3, 0.4) is 0 Å². The summed E-state index contributed by atoms with van der Waals surface area (Å²) in [5, 5.41) is 23.6. The molecule has 5 rings (SSSR count). The van der Waals surface area contributed by atoms with Crippen molar-refractivity contribution in [2.45, 2.75) is 210 Å². The van der Waals surface area contributed by atoms with E-state index in [1.54, 1.807) is 0 Å². The van der Waals surface area contributed by atoms with E-state index in [9.17, 15) is 10.2 Å². The van der Waals surface area contributed by atoms with Gasteiger partial charge in [0.1, 0.15) is 0 Å². The van der Waals surface area contributed by atoms with Crippen LogP contribution in [0.25, 0.3) is 0 Å². The molecule has 0 aromatic carbocycles. The predicted molar refractivity (Wildman–Crippen MR) is 250 cm³/mol. The van der Waals surface area contributed by atoms with Crippen molar-refractivity contribution in [2.24, 2.45) is 11.8 Å². The number of halogens is 4. The summed E-state index contributed by atoms with van der Waals surface area (Å²) >= 11 is 43.7. The SMILES string of the molecule is CCCC1CCC(CCC)C(O)C1O.[Fe].[Fe].[Fe].[Mo].[S-]C1CCC(Cl)CC1.[S-]C1CCC(Cl)CC1.[S-]C1CCC(Cl)CC1.[S-]C1CCC(Cl)CC1.[SH-].[SH-].[SH-].[SH-]. The summed E-state index contributed by atoms with van der Waals surface area (Å²) < 4.78 is 0. The number of aliphatic hydroxyl groups excluding tert-OH is 2. The third-order valence-electron chi connectivity index (χ3n) is 9.96. The Balaban J connectivity index is -0.0000000802. The zero-order chi connectivity index (χ0) is 34.5. The summed E-state index contributed by atoms with van der Waals surface area (Å²) in [4.78, 5) is 0. The molecular formula is C36H68Cl4Fe3MoO2S8-8. The molecule has 5 fully saturated rings. The minimum atomic E-state index is -0.472. The summed E-state index contributed by atoms with van der Waals surface area (Å²) in [6.45, 7) is 4.27. The van der Waals surface area contributed by atoms with Gasteiger partial charge in [-0.15, -0.1) is 46.4 Å². The van der Waals surface area contributed by atoms with E-state index in [1.807, 2.05) is 0 Å². The average Bonchev–Trinajstić information content (AvgIpc) is 3.04. The van der Waals surface area contributed by atoms with Crippen molar-refractivity contribution in [1.82, 2.24) is 0 Å². The van der Waals surface area contributed by atoms with Crippen LogP contribution >= 0.6 is 46.4 Å². The summed E-state index contributed by atoms with van der Waals surface area (Å²) in [7, 11) is 0. The Kier molecular flexibility index (Phi) is 69.6. The standard InChI is InChI=1S/C12H24O2.4C6H11ClS.3Fe.Mo.4H2S/c1-3-5-9-7-8-10(6-4-2)12(14)11(9)13;4*7-5-1-3-6(8)4-2-5;;;;;;;;/h9-14H,3-8H2,1-2H3;4*5-6,8H,1-4H2;;;;;4*1H2/p-8. The van der Waals surface area contributed by atoms with Gasteiger partial charge in [-0.2, -0.15) is 21.0 Å². The van der Waals surface area contributed by atoms with Gasteiger partial charge in [0.15, 0.2) is 0 Å². The van der Waals surface area contributed by atoms with E-state index in [1.165, 1.54) is 0 Å². The van der Waals surface area contributed by atoms with Gasteiger partial charge in [0.05, 0.1) is 12.2 Å². The fraction of sp³-hybridized carbons (Fsp3) is 1.00. The smallest absolute Gasteiger partial charge is 0.0829 e. The fourth-order valence-corrected chi connectivity index (χ4v) is 8.88. The quantitative estimate of drug-likeness (QED) is 0.123. The van der Waals surface area contributed by atoms with Crippen molar-refractivity contribution >= 4 is 151 Å². The molecule has 338 valence electrons. The van der Waals surface area contributed by atoms with Crippen LogP contribution in [0, 0.1) is 11.8 Å². The molecule has 0 heterocycles. The molecule has 0 amide bonds.